The zero-order chi connectivity index (χ0) is 55.5. The number of carboxylic acids is 1. The minimum atomic E-state index is -1.52. The van der Waals surface area contributed by atoms with Gasteiger partial charge in [0.05, 0.1) is 34.4 Å². The highest BCUT2D eigenvalue weighted by atomic mass is 16.7. The third kappa shape index (κ3) is 57.9. The van der Waals surface area contributed by atoms with E-state index in [0.717, 1.165) is 109 Å². The van der Waals surface area contributed by atoms with E-state index in [0.29, 0.717) is 11.0 Å². The first-order chi connectivity index (χ1) is 37.1. The monoisotopic (exact) mass is 1060 g/mol. The van der Waals surface area contributed by atoms with Gasteiger partial charge in [0.25, 0.3) is 6.29 Å². The summed E-state index contributed by atoms with van der Waals surface area (Å²) in [5.41, 5.74) is 0. The number of esters is 2. The summed E-state index contributed by atoms with van der Waals surface area (Å²) in [4.78, 5) is 37.4. The van der Waals surface area contributed by atoms with Crippen LogP contribution < -0.4 is 0 Å². The van der Waals surface area contributed by atoms with Crippen molar-refractivity contribution in [2.24, 2.45) is 0 Å². The lowest BCUT2D eigenvalue weighted by atomic mass is 10.0. The Morgan fingerprint density at radius 2 is 0.750 bits per heavy atom. The van der Waals surface area contributed by atoms with Crippen molar-refractivity contribution in [2.45, 2.75) is 264 Å². The molecule has 9 nitrogen and oxygen atoms in total. The Labute approximate surface area is 467 Å². The van der Waals surface area contributed by atoms with E-state index in [1.54, 1.807) is 0 Å². The number of hydrogen-bond acceptors (Lipinski definition) is 7. The van der Waals surface area contributed by atoms with E-state index in [1.807, 2.05) is 21.1 Å². The van der Waals surface area contributed by atoms with Gasteiger partial charge < -0.3 is 28.5 Å². The Balaban J connectivity index is 4.06. The fraction of sp³-hybridized carbons (Fsp3) is 0.716. The summed E-state index contributed by atoms with van der Waals surface area (Å²) in [6, 6.07) is 0. The molecule has 0 amide bonds. The predicted octanol–water partition coefficient (Wildman–Crippen LogP) is 18.5. The van der Waals surface area contributed by atoms with Crippen LogP contribution >= 0.6 is 0 Å². The molecule has 436 valence electrons. The molecule has 0 bridgehead atoms. The van der Waals surface area contributed by atoms with Gasteiger partial charge in [-0.15, -0.1) is 0 Å². The summed E-state index contributed by atoms with van der Waals surface area (Å²) in [5.74, 6) is -2.02. The van der Waals surface area contributed by atoms with E-state index in [4.69, 9.17) is 18.9 Å². The maximum Gasteiger partial charge on any atom is 0.361 e. The first kappa shape index (κ1) is 72.2. The number of ether oxygens (including phenoxy) is 4. The molecule has 0 aromatic carbocycles. The van der Waals surface area contributed by atoms with Crippen LogP contribution in [0.1, 0.15) is 251 Å². The van der Waals surface area contributed by atoms with Crippen LogP contribution in [0.15, 0.2) is 97.2 Å². The van der Waals surface area contributed by atoms with Gasteiger partial charge in [0.2, 0.25) is 0 Å². The number of likely N-dealkylation sites (N-methyl/N-ethyl adjacent to an activating group) is 1. The van der Waals surface area contributed by atoms with E-state index < -0.39 is 24.3 Å². The highest BCUT2D eigenvalue weighted by molar-refractivity contribution is 5.71. The second kappa shape index (κ2) is 57.4. The average Bonchev–Trinajstić information content (AvgIpc) is 3.39. The topological polar surface area (TPSA) is 108 Å². The Morgan fingerprint density at radius 3 is 1.12 bits per heavy atom. The summed E-state index contributed by atoms with van der Waals surface area (Å²) in [5, 5.41) is 9.70. The SMILES string of the molecule is CC/C=C\C/C=C\C/C=C\C/C=C\C/C=C\C/C=C\CCCCCCCCCCCCCCCCCCCCC(=O)OC(COC(=O)CCCCCCC/C=C\C/C=C\CCCC)COC(OCC[N+](C)(C)C)C(=O)O. The molecule has 0 aromatic heterocycles. The zero-order valence-electron chi connectivity index (χ0n) is 49.6. The van der Waals surface area contributed by atoms with E-state index in [2.05, 4.69) is 111 Å². The number of quaternary nitrogens is 1. The molecule has 0 aliphatic rings. The number of nitrogens with zero attached hydrogens (tertiary/aromatic N) is 1. The normalized spacial score (nSPS) is 13.4. The third-order valence-corrected chi connectivity index (χ3v) is 13.1. The standard InChI is InChI=1S/C67H115NO8/c1-6-8-10-12-14-16-18-20-22-23-24-25-26-27-28-29-30-31-32-33-34-35-36-37-38-39-40-41-42-43-44-46-48-50-52-54-56-58-65(70)76-63(62-75-67(66(71)72)73-60-59-68(3,4)5)61-74-64(69)57-55-53-51-49-47-45-21-19-17-15-13-11-9-7-2/h8,10,13-16,19-22,24-25,27-28,30-31,63,67H,6-7,9,11-12,17-18,23,26,29,32-62H2,1-5H3/p+1/b10-8-,15-13-,16-14-,21-19-,22-20-,25-24-,28-27-,31-30-. The van der Waals surface area contributed by atoms with Crippen molar-refractivity contribution in [3.8, 4) is 0 Å². The number of allylic oxidation sites excluding steroid dienone is 16. The van der Waals surface area contributed by atoms with Crippen molar-refractivity contribution >= 4 is 17.9 Å². The van der Waals surface area contributed by atoms with Gasteiger partial charge in [-0.25, -0.2) is 4.79 Å². The predicted molar refractivity (Wildman–Crippen MR) is 322 cm³/mol. The lowest BCUT2D eigenvalue weighted by molar-refractivity contribution is -0.870. The van der Waals surface area contributed by atoms with Crippen molar-refractivity contribution in [1.82, 2.24) is 0 Å². The maximum atomic E-state index is 12.9. The van der Waals surface area contributed by atoms with E-state index >= 15 is 0 Å². The van der Waals surface area contributed by atoms with Crippen LogP contribution in [-0.4, -0.2) is 87.4 Å². The van der Waals surface area contributed by atoms with Gasteiger partial charge >= 0.3 is 17.9 Å². The maximum absolute atomic E-state index is 12.9. The number of aliphatic carboxylic acids is 1. The van der Waals surface area contributed by atoms with Crippen LogP contribution in [0, 0.1) is 0 Å². The second-order valence-electron chi connectivity index (χ2n) is 21.6. The molecule has 0 heterocycles. The molecule has 0 radical (unpaired) electrons. The molecule has 0 aliphatic heterocycles. The molecule has 0 saturated carbocycles. The summed E-state index contributed by atoms with van der Waals surface area (Å²) in [6.45, 7) is 4.71. The lowest BCUT2D eigenvalue weighted by Gasteiger charge is -2.25. The van der Waals surface area contributed by atoms with Gasteiger partial charge in [-0.3, -0.25) is 9.59 Å². The fourth-order valence-electron chi connectivity index (χ4n) is 8.33. The van der Waals surface area contributed by atoms with Crippen molar-refractivity contribution in [2.75, 3.05) is 47.5 Å². The van der Waals surface area contributed by atoms with Gasteiger partial charge in [-0.05, 0) is 89.9 Å². The minimum absolute atomic E-state index is 0.183. The van der Waals surface area contributed by atoms with Crippen molar-refractivity contribution in [3.63, 3.8) is 0 Å². The molecule has 0 saturated heterocycles. The van der Waals surface area contributed by atoms with Crippen LogP contribution in [0.4, 0.5) is 0 Å². The first-order valence-electron chi connectivity index (χ1n) is 30.9. The molecule has 2 atom stereocenters. The van der Waals surface area contributed by atoms with Gasteiger partial charge in [0.15, 0.2) is 6.10 Å². The van der Waals surface area contributed by atoms with Gasteiger partial charge in [0.1, 0.15) is 13.2 Å². The third-order valence-electron chi connectivity index (χ3n) is 13.1. The molecule has 0 fully saturated rings. The molecule has 9 heteroatoms. The molecular formula is C67H116NO8+. The van der Waals surface area contributed by atoms with Crippen LogP contribution in [0.2, 0.25) is 0 Å². The van der Waals surface area contributed by atoms with Crippen molar-refractivity contribution in [1.29, 1.82) is 0 Å². The number of unbranched alkanes of at least 4 members (excludes halogenated alkanes) is 25. The molecule has 0 aliphatic carbocycles. The molecule has 0 aromatic rings. The van der Waals surface area contributed by atoms with Gasteiger partial charge in [-0.2, -0.15) is 0 Å². The number of hydrogen-bond donors (Lipinski definition) is 1. The highest BCUT2D eigenvalue weighted by Crippen LogP contribution is 2.16. The molecular weight excluding hydrogens is 947 g/mol. The van der Waals surface area contributed by atoms with Crippen LogP contribution in [0.3, 0.4) is 0 Å². The lowest BCUT2D eigenvalue weighted by Crippen LogP contribution is -2.40. The van der Waals surface area contributed by atoms with Gasteiger partial charge in [0, 0.05) is 12.8 Å². The summed E-state index contributed by atoms with van der Waals surface area (Å²) >= 11 is 0. The highest BCUT2D eigenvalue weighted by Gasteiger charge is 2.25. The number of carbonyl (C=O) groups excluding carboxylic acids is 2. The largest absolute Gasteiger partial charge is 0.477 e. The van der Waals surface area contributed by atoms with E-state index in [9.17, 15) is 19.5 Å². The second-order valence-corrected chi connectivity index (χ2v) is 21.6. The average molecular weight is 1060 g/mol. The van der Waals surface area contributed by atoms with Crippen LogP contribution in [-0.2, 0) is 33.3 Å². The van der Waals surface area contributed by atoms with Crippen molar-refractivity contribution < 1.29 is 42.9 Å². The van der Waals surface area contributed by atoms with E-state index in [-0.39, 0.29) is 38.6 Å². The van der Waals surface area contributed by atoms with Crippen molar-refractivity contribution in [3.05, 3.63) is 97.2 Å². The Kier molecular flexibility index (Phi) is 54.5. The molecule has 0 spiro atoms. The number of carbonyl (C=O) groups is 3. The molecule has 76 heavy (non-hydrogen) atoms. The molecule has 0 rings (SSSR count). The Bertz CT molecular complexity index is 1570. The zero-order valence-corrected chi connectivity index (χ0v) is 49.6. The number of carboxylic acid groups (broad SMARTS) is 1. The Hall–Kier alpha value is -3.79. The first-order valence-corrected chi connectivity index (χ1v) is 30.9. The molecule has 1 N–H and O–H groups in total. The summed E-state index contributed by atoms with van der Waals surface area (Å²) in [7, 11) is 5.96. The van der Waals surface area contributed by atoms with Gasteiger partial charge in [-0.1, -0.05) is 246 Å². The minimum Gasteiger partial charge on any atom is -0.477 e. The van der Waals surface area contributed by atoms with Crippen LogP contribution in [0.25, 0.3) is 0 Å². The fourth-order valence-corrected chi connectivity index (χ4v) is 8.33. The smallest absolute Gasteiger partial charge is 0.361 e. The van der Waals surface area contributed by atoms with E-state index in [1.165, 1.54) is 116 Å². The summed E-state index contributed by atoms with van der Waals surface area (Å²) in [6.07, 6.45) is 75.1. The van der Waals surface area contributed by atoms with Crippen LogP contribution in [0.5, 0.6) is 0 Å². The quantitative estimate of drug-likeness (QED) is 0.0211. The summed E-state index contributed by atoms with van der Waals surface area (Å²) < 4.78 is 22.9. The molecule has 2 unspecified atom stereocenters. The number of rotatable bonds is 56. The Morgan fingerprint density at radius 1 is 0.408 bits per heavy atom.